The summed E-state index contributed by atoms with van der Waals surface area (Å²) in [5, 5.41) is 0. The number of hydrogen-bond donors (Lipinski definition) is 1. The van der Waals surface area contributed by atoms with Crippen LogP contribution in [-0.2, 0) is 4.74 Å². The number of morpholine rings is 1. The highest BCUT2D eigenvalue weighted by atomic mass is 16.5. The summed E-state index contributed by atoms with van der Waals surface area (Å²) in [7, 11) is 0. The number of ether oxygens (including phenoxy) is 1. The van der Waals surface area contributed by atoms with E-state index in [1.807, 2.05) is 18.2 Å². The van der Waals surface area contributed by atoms with Crippen LogP contribution in [0.5, 0.6) is 0 Å². The summed E-state index contributed by atoms with van der Waals surface area (Å²) in [4.78, 5) is 17.2. The maximum atomic E-state index is 12.0. The number of nitrogens with zero attached hydrogens (tertiary/aromatic N) is 1. The molecule has 1 aliphatic heterocycles. The molecule has 2 aromatic rings. The van der Waals surface area contributed by atoms with E-state index in [1.54, 1.807) is 6.07 Å². The highest BCUT2D eigenvalue weighted by Gasteiger charge is 2.20. The molecule has 0 amide bonds. The van der Waals surface area contributed by atoms with Crippen LogP contribution >= 0.6 is 0 Å². The average molecular weight is 284 g/mol. The first kappa shape index (κ1) is 13.9. The zero-order valence-electron chi connectivity index (χ0n) is 12.4. The van der Waals surface area contributed by atoms with E-state index in [1.165, 1.54) is 0 Å². The van der Waals surface area contributed by atoms with Crippen molar-refractivity contribution in [1.29, 1.82) is 0 Å². The normalized spacial score (nSPS) is 18.8. The maximum Gasteiger partial charge on any atom is 0.250 e. The van der Waals surface area contributed by atoms with Gasteiger partial charge in [0.05, 0.1) is 18.9 Å². The van der Waals surface area contributed by atoms with Crippen LogP contribution in [0.4, 0.5) is 5.69 Å². The standard InChI is InChI=1S/C17H20N2O2/c1-12-5-3-4-6-15(12)16-9-14(10-17(20)18-16)19-7-8-21-11-13(19)2/h3-6,9-10,13H,7-8,11H2,1-2H3,(H,18,20)/t13-/m1/s1. The molecule has 0 unspecified atom stereocenters. The van der Waals surface area contributed by atoms with Crippen LogP contribution in [0.25, 0.3) is 11.3 Å². The number of anilines is 1. The number of aromatic nitrogens is 1. The number of rotatable bonds is 2. The smallest absolute Gasteiger partial charge is 0.250 e. The number of aromatic amines is 1. The molecule has 110 valence electrons. The van der Waals surface area contributed by atoms with Crippen LogP contribution in [0, 0.1) is 6.92 Å². The summed E-state index contributed by atoms with van der Waals surface area (Å²) in [6, 6.07) is 12.1. The third-order valence-corrected chi connectivity index (χ3v) is 3.96. The first-order chi connectivity index (χ1) is 10.1. The second kappa shape index (κ2) is 5.74. The Morgan fingerprint density at radius 3 is 2.86 bits per heavy atom. The molecule has 1 aromatic heterocycles. The van der Waals surface area contributed by atoms with E-state index < -0.39 is 0 Å². The molecule has 1 aliphatic rings. The second-order valence-electron chi connectivity index (χ2n) is 5.55. The van der Waals surface area contributed by atoms with E-state index in [4.69, 9.17) is 4.74 Å². The van der Waals surface area contributed by atoms with Crippen LogP contribution < -0.4 is 10.5 Å². The Labute approximate surface area is 124 Å². The van der Waals surface area contributed by atoms with Gasteiger partial charge in [0.25, 0.3) is 0 Å². The van der Waals surface area contributed by atoms with Crippen LogP contribution in [-0.4, -0.2) is 30.8 Å². The van der Waals surface area contributed by atoms with Crippen molar-refractivity contribution in [3.05, 3.63) is 52.3 Å². The second-order valence-corrected chi connectivity index (χ2v) is 5.55. The minimum Gasteiger partial charge on any atom is -0.377 e. The zero-order chi connectivity index (χ0) is 14.8. The Kier molecular flexibility index (Phi) is 3.80. The minimum absolute atomic E-state index is 0.0653. The molecule has 0 spiro atoms. The fraction of sp³-hybridized carbons (Fsp3) is 0.353. The summed E-state index contributed by atoms with van der Waals surface area (Å²) >= 11 is 0. The van der Waals surface area contributed by atoms with Gasteiger partial charge in [0, 0.05) is 29.9 Å². The molecule has 1 fully saturated rings. The molecular formula is C17H20N2O2. The molecule has 0 bridgehead atoms. The van der Waals surface area contributed by atoms with Gasteiger partial charge in [-0.2, -0.15) is 0 Å². The summed E-state index contributed by atoms with van der Waals surface area (Å²) in [6.07, 6.45) is 0. The van der Waals surface area contributed by atoms with Crippen molar-refractivity contribution < 1.29 is 4.74 Å². The van der Waals surface area contributed by atoms with Crippen LogP contribution in [0.2, 0.25) is 0 Å². The molecule has 4 heteroatoms. The van der Waals surface area contributed by atoms with Gasteiger partial charge in [-0.25, -0.2) is 0 Å². The molecule has 2 heterocycles. The summed E-state index contributed by atoms with van der Waals surface area (Å²) in [5.41, 5.74) is 3.99. The molecule has 1 atom stereocenters. The van der Waals surface area contributed by atoms with Crippen molar-refractivity contribution in [2.45, 2.75) is 19.9 Å². The average Bonchev–Trinajstić information content (AvgIpc) is 2.47. The van der Waals surface area contributed by atoms with Crippen LogP contribution in [0.15, 0.2) is 41.2 Å². The highest BCUT2D eigenvalue weighted by Crippen LogP contribution is 2.25. The molecule has 1 N–H and O–H groups in total. The number of pyridine rings is 1. The quantitative estimate of drug-likeness (QED) is 0.922. The Morgan fingerprint density at radius 1 is 1.29 bits per heavy atom. The topological polar surface area (TPSA) is 45.3 Å². The number of aryl methyl sites for hydroxylation is 1. The molecule has 3 rings (SSSR count). The van der Waals surface area contributed by atoms with Crippen molar-refractivity contribution in [2.24, 2.45) is 0 Å². The van der Waals surface area contributed by atoms with Gasteiger partial charge in [0.15, 0.2) is 0 Å². The summed E-state index contributed by atoms with van der Waals surface area (Å²) < 4.78 is 5.47. The van der Waals surface area contributed by atoms with Gasteiger partial charge < -0.3 is 14.6 Å². The van der Waals surface area contributed by atoms with E-state index >= 15 is 0 Å². The lowest BCUT2D eigenvalue weighted by molar-refractivity contribution is 0.0989. The third-order valence-electron chi connectivity index (χ3n) is 3.96. The van der Waals surface area contributed by atoms with Gasteiger partial charge in [-0.15, -0.1) is 0 Å². The first-order valence-corrected chi connectivity index (χ1v) is 7.30. The van der Waals surface area contributed by atoms with E-state index in [2.05, 4.69) is 35.9 Å². The first-order valence-electron chi connectivity index (χ1n) is 7.30. The highest BCUT2D eigenvalue weighted by molar-refractivity contribution is 5.67. The number of benzene rings is 1. The lowest BCUT2D eigenvalue weighted by atomic mass is 10.0. The van der Waals surface area contributed by atoms with E-state index in [9.17, 15) is 4.79 Å². The maximum absolute atomic E-state index is 12.0. The molecular weight excluding hydrogens is 264 g/mol. The molecule has 0 saturated carbocycles. The predicted octanol–water partition coefficient (Wildman–Crippen LogP) is 2.58. The van der Waals surface area contributed by atoms with E-state index in [0.717, 1.165) is 29.1 Å². The van der Waals surface area contributed by atoms with Crippen molar-refractivity contribution in [2.75, 3.05) is 24.7 Å². The van der Waals surface area contributed by atoms with E-state index in [-0.39, 0.29) is 11.6 Å². The van der Waals surface area contributed by atoms with E-state index in [0.29, 0.717) is 13.2 Å². The summed E-state index contributed by atoms with van der Waals surface area (Å²) in [6.45, 7) is 6.40. The van der Waals surface area contributed by atoms with Crippen molar-refractivity contribution >= 4 is 5.69 Å². The van der Waals surface area contributed by atoms with Crippen LogP contribution in [0.1, 0.15) is 12.5 Å². The largest absolute Gasteiger partial charge is 0.377 e. The fourth-order valence-corrected chi connectivity index (χ4v) is 2.83. The molecule has 1 aromatic carbocycles. The van der Waals surface area contributed by atoms with Gasteiger partial charge in [0.2, 0.25) is 5.56 Å². The molecule has 21 heavy (non-hydrogen) atoms. The molecule has 0 radical (unpaired) electrons. The van der Waals surface area contributed by atoms with Crippen LogP contribution in [0.3, 0.4) is 0 Å². The SMILES string of the molecule is Cc1ccccc1-c1cc(N2CCOC[C@H]2C)cc(=O)[nH]1. The molecule has 4 nitrogen and oxygen atoms in total. The Bertz CT molecular complexity index is 693. The van der Waals surface area contributed by atoms with Crippen molar-refractivity contribution in [3.8, 4) is 11.3 Å². The third kappa shape index (κ3) is 2.85. The van der Waals surface area contributed by atoms with Gasteiger partial charge in [0.1, 0.15) is 0 Å². The molecule has 1 saturated heterocycles. The van der Waals surface area contributed by atoms with Crippen molar-refractivity contribution in [3.63, 3.8) is 0 Å². The zero-order valence-corrected chi connectivity index (χ0v) is 12.4. The van der Waals surface area contributed by atoms with Gasteiger partial charge in [-0.3, -0.25) is 4.79 Å². The number of hydrogen-bond acceptors (Lipinski definition) is 3. The Morgan fingerprint density at radius 2 is 2.10 bits per heavy atom. The van der Waals surface area contributed by atoms with Gasteiger partial charge in [-0.1, -0.05) is 24.3 Å². The Balaban J connectivity index is 2.04. The monoisotopic (exact) mass is 284 g/mol. The summed E-state index contributed by atoms with van der Waals surface area (Å²) in [5.74, 6) is 0. The molecule has 0 aliphatic carbocycles. The fourth-order valence-electron chi connectivity index (χ4n) is 2.83. The Hall–Kier alpha value is -2.07. The lowest BCUT2D eigenvalue weighted by Gasteiger charge is -2.35. The van der Waals surface area contributed by atoms with Gasteiger partial charge >= 0.3 is 0 Å². The number of H-pyrrole nitrogens is 1. The number of nitrogens with one attached hydrogen (secondary N) is 1. The minimum atomic E-state index is -0.0653. The van der Waals surface area contributed by atoms with Gasteiger partial charge in [-0.05, 0) is 25.5 Å². The van der Waals surface area contributed by atoms with Crippen molar-refractivity contribution in [1.82, 2.24) is 4.98 Å². The predicted molar refractivity (Wildman–Crippen MR) is 84.9 cm³/mol. The lowest BCUT2D eigenvalue weighted by Crippen LogP contribution is -2.44.